The summed E-state index contributed by atoms with van der Waals surface area (Å²) in [5.74, 6) is -1.27. The van der Waals surface area contributed by atoms with Crippen molar-refractivity contribution in [2.75, 3.05) is 5.43 Å². The lowest BCUT2D eigenvalue weighted by molar-refractivity contribution is -0.255. The smallest absolute Gasteiger partial charge is 0.0859 e. The summed E-state index contributed by atoms with van der Waals surface area (Å²) in [6, 6.07) is 9.70. The summed E-state index contributed by atoms with van der Waals surface area (Å²) in [5.41, 5.74) is 4.52. The van der Waals surface area contributed by atoms with E-state index in [4.69, 9.17) is 11.6 Å². The number of hydrogen-bond acceptors (Lipinski definition) is 5. The van der Waals surface area contributed by atoms with Gasteiger partial charge in [0.2, 0.25) is 0 Å². The number of halogens is 1. The van der Waals surface area contributed by atoms with E-state index in [0.29, 0.717) is 22.1 Å². The van der Waals surface area contributed by atoms with Crippen molar-refractivity contribution in [1.82, 2.24) is 4.98 Å². The zero-order valence-corrected chi connectivity index (χ0v) is 11.4. The van der Waals surface area contributed by atoms with E-state index in [9.17, 15) is 9.90 Å². The highest BCUT2D eigenvalue weighted by molar-refractivity contribution is 6.33. The molecule has 1 aromatic heterocycles. The van der Waals surface area contributed by atoms with Crippen molar-refractivity contribution in [3.05, 3.63) is 58.9 Å². The molecule has 1 heterocycles. The fraction of sp³-hybridized carbons (Fsp3) is 0.0714. The van der Waals surface area contributed by atoms with E-state index in [1.165, 1.54) is 18.2 Å². The highest BCUT2D eigenvalue weighted by atomic mass is 35.5. The second kappa shape index (κ2) is 6.16. The third-order valence-electron chi connectivity index (χ3n) is 2.58. The Morgan fingerprint density at radius 3 is 2.80 bits per heavy atom. The molecule has 0 aliphatic rings. The molecule has 0 aliphatic carbocycles. The number of benzene rings is 1. The number of nitrogens with zero attached hydrogens (tertiary/aromatic N) is 2. The summed E-state index contributed by atoms with van der Waals surface area (Å²) < 4.78 is 0. The molecule has 5 nitrogen and oxygen atoms in total. The molecule has 20 heavy (non-hydrogen) atoms. The Bertz CT molecular complexity index is 657. The van der Waals surface area contributed by atoms with Gasteiger partial charge in [0.05, 0.1) is 28.1 Å². The number of pyridine rings is 1. The Labute approximate surface area is 120 Å². The molecule has 1 aromatic carbocycles. The number of aromatic carboxylic acids is 1. The first kappa shape index (κ1) is 14.0. The minimum atomic E-state index is -1.27. The van der Waals surface area contributed by atoms with Gasteiger partial charge in [-0.15, -0.1) is 0 Å². The fourth-order valence-electron chi connectivity index (χ4n) is 1.52. The van der Waals surface area contributed by atoms with Crippen molar-refractivity contribution in [3.8, 4) is 0 Å². The predicted octanol–water partition coefficient (Wildman–Crippen LogP) is 1.93. The number of carbonyl (C=O) groups is 1. The molecule has 102 valence electrons. The Hall–Kier alpha value is -2.40. The summed E-state index contributed by atoms with van der Waals surface area (Å²) in [4.78, 5) is 14.9. The van der Waals surface area contributed by atoms with Crippen LogP contribution in [0.4, 0.5) is 5.69 Å². The maximum atomic E-state index is 10.8. The van der Waals surface area contributed by atoms with Crippen LogP contribution in [0, 0.1) is 0 Å². The molecular formula is C14H11ClN3O2-. The van der Waals surface area contributed by atoms with Crippen LogP contribution in [0.1, 0.15) is 23.0 Å². The molecule has 1 N–H and O–H groups in total. The summed E-state index contributed by atoms with van der Waals surface area (Å²) >= 11 is 5.97. The van der Waals surface area contributed by atoms with Gasteiger partial charge in [-0.05, 0) is 36.8 Å². The first-order valence-corrected chi connectivity index (χ1v) is 6.18. The fourth-order valence-corrected chi connectivity index (χ4v) is 1.68. The quantitative estimate of drug-likeness (QED) is 0.689. The summed E-state index contributed by atoms with van der Waals surface area (Å²) in [6.45, 7) is 1.78. The van der Waals surface area contributed by atoms with Crippen LogP contribution in [-0.4, -0.2) is 16.7 Å². The monoisotopic (exact) mass is 288 g/mol. The molecule has 0 saturated heterocycles. The zero-order valence-electron chi connectivity index (χ0n) is 10.6. The van der Waals surface area contributed by atoms with Gasteiger partial charge >= 0.3 is 0 Å². The molecule has 0 aliphatic heterocycles. The SMILES string of the molecule is C/C(=N/Nc1cc(C(=O)[O-])ccc1Cl)c1ccccn1. The van der Waals surface area contributed by atoms with Gasteiger partial charge in [-0.3, -0.25) is 10.4 Å². The van der Waals surface area contributed by atoms with E-state index in [2.05, 4.69) is 15.5 Å². The van der Waals surface area contributed by atoms with Gasteiger partial charge in [0.1, 0.15) is 0 Å². The first-order chi connectivity index (χ1) is 9.58. The van der Waals surface area contributed by atoms with Gasteiger partial charge in [-0.2, -0.15) is 5.10 Å². The molecule has 0 fully saturated rings. The van der Waals surface area contributed by atoms with E-state index in [1.54, 1.807) is 13.1 Å². The van der Waals surface area contributed by atoms with Crippen LogP contribution in [0.25, 0.3) is 0 Å². The van der Waals surface area contributed by atoms with Gasteiger partial charge in [-0.25, -0.2) is 0 Å². The molecular weight excluding hydrogens is 278 g/mol. The van der Waals surface area contributed by atoms with Crippen molar-refractivity contribution in [2.24, 2.45) is 5.10 Å². The molecule has 0 radical (unpaired) electrons. The average Bonchev–Trinajstić information content (AvgIpc) is 2.46. The Morgan fingerprint density at radius 2 is 2.15 bits per heavy atom. The van der Waals surface area contributed by atoms with Crippen LogP contribution < -0.4 is 10.5 Å². The van der Waals surface area contributed by atoms with Gasteiger partial charge in [0.25, 0.3) is 0 Å². The molecule has 0 unspecified atom stereocenters. The Kier molecular flexibility index (Phi) is 4.32. The second-order valence-corrected chi connectivity index (χ2v) is 4.41. The number of carboxylic acid groups (broad SMARTS) is 1. The molecule has 2 rings (SSSR count). The van der Waals surface area contributed by atoms with Crippen LogP contribution >= 0.6 is 11.6 Å². The first-order valence-electron chi connectivity index (χ1n) is 5.80. The van der Waals surface area contributed by atoms with Crippen molar-refractivity contribution >= 4 is 29.0 Å². The lowest BCUT2D eigenvalue weighted by Crippen LogP contribution is -2.22. The van der Waals surface area contributed by atoms with Crippen LogP contribution in [0.5, 0.6) is 0 Å². The molecule has 0 saturated carbocycles. The highest BCUT2D eigenvalue weighted by Gasteiger charge is 2.03. The average molecular weight is 289 g/mol. The maximum Gasteiger partial charge on any atom is 0.0859 e. The normalized spacial score (nSPS) is 11.2. The van der Waals surface area contributed by atoms with Gasteiger partial charge < -0.3 is 9.90 Å². The summed E-state index contributed by atoms with van der Waals surface area (Å²) in [7, 11) is 0. The Morgan fingerprint density at radius 1 is 1.35 bits per heavy atom. The van der Waals surface area contributed by atoms with Crippen LogP contribution in [0.15, 0.2) is 47.7 Å². The van der Waals surface area contributed by atoms with Crippen LogP contribution in [-0.2, 0) is 0 Å². The van der Waals surface area contributed by atoms with Crippen molar-refractivity contribution in [1.29, 1.82) is 0 Å². The maximum absolute atomic E-state index is 10.8. The molecule has 0 spiro atoms. The zero-order chi connectivity index (χ0) is 14.5. The summed E-state index contributed by atoms with van der Waals surface area (Å²) in [6.07, 6.45) is 1.66. The van der Waals surface area contributed by atoms with E-state index >= 15 is 0 Å². The minimum absolute atomic E-state index is 0.0302. The number of carboxylic acids is 1. The van der Waals surface area contributed by atoms with Crippen LogP contribution in [0.3, 0.4) is 0 Å². The second-order valence-electron chi connectivity index (χ2n) is 4.01. The number of aromatic nitrogens is 1. The number of carbonyl (C=O) groups excluding carboxylic acids is 1. The van der Waals surface area contributed by atoms with Crippen molar-refractivity contribution in [3.63, 3.8) is 0 Å². The van der Waals surface area contributed by atoms with Crippen LogP contribution in [0.2, 0.25) is 5.02 Å². The van der Waals surface area contributed by atoms with E-state index in [1.807, 2.05) is 18.2 Å². The number of anilines is 1. The molecule has 0 atom stereocenters. The third-order valence-corrected chi connectivity index (χ3v) is 2.91. The van der Waals surface area contributed by atoms with Crippen molar-refractivity contribution in [2.45, 2.75) is 6.92 Å². The van der Waals surface area contributed by atoms with E-state index in [0.717, 1.165) is 0 Å². The van der Waals surface area contributed by atoms with E-state index in [-0.39, 0.29) is 5.56 Å². The highest BCUT2D eigenvalue weighted by Crippen LogP contribution is 2.23. The number of nitrogens with one attached hydrogen (secondary N) is 1. The lowest BCUT2D eigenvalue weighted by atomic mass is 10.2. The van der Waals surface area contributed by atoms with E-state index < -0.39 is 5.97 Å². The molecule has 0 amide bonds. The van der Waals surface area contributed by atoms with Gasteiger partial charge in [-0.1, -0.05) is 23.7 Å². The topological polar surface area (TPSA) is 77.4 Å². The standard InChI is InChI=1S/C14H12ClN3O2/c1-9(12-4-2-3-7-16-12)17-18-13-8-10(14(19)20)5-6-11(13)15/h2-8,18H,1H3,(H,19,20)/p-1/b17-9-. The predicted molar refractivity (Wildman–Crippen MR) is 75.9 cm³/mol. The molecule has 2 aromatic rings. The summed E-state index contributed by atoms with van der Waals surface area (Å²) in [5, 5.41) is 15.3. The number of rotatable bonds is 4. The van der Waals surface area contributed by atoms with Gasteiger partial charge in [0, 0.05) is 6.20 Å². The number of hydrogen-bond donors (Lipinski definition) is 1. The molecule has 0 bridgehead atoms. The van der Waals surface area contributed by atoms with Crippen molar-refractivity contribution < 1.29 is 9.90 Å². The number of hydrazone groups is 1. The Balaban J connectivity index is 2.22. The molecule has 6 heteroatoms. The van der Waals surface area contributed by atoms with Gasteiger partial charge in [0.15, 0.2) is 0 Å². The third kappa shape index (κ3) is 3.33. The lowest BCUT2D eigenvalue weighted by Gasteiger charge is -2.08. The minimum Gasteiger partial charge on any atom is -0.545 e. The largest absolute Gasteiger partial charge is 0.545 e.